The van der Waals surface area contributed by atoms with Crippen molar-refractivity contribution in [3.8, 4) is 0 Å². The zero-order chi connectivity index (χ0) is 28.1. The number of benzene rings is 4. The molecule has 0 aliphatic carbocycles. The average Bonchev–Trinajstić information content (AvgIpc) is 2.97. The molecule has 1 aliphatic heterocycles. The number of hydrogen-bond donors (Lipinski definition) is 4. The van der Waals surface area contributed by atoms with Gasteiger partial charge in [0.05, 0.1) is 13.2 Å². The lowest BCUT2D eigenvalue weighted by Crippen LogP contribution is -2.82. The maximum atomic E-state index is 12.7. The molecule has 0 radical (unpaired) electrons. The monoisotopic (exact) mass is 540 g/mol. The third kappa shape index (κ3) is 5.60. The van der Waals surface area contributed by atoms with Gasteiger partial charge in [0.25, 0.3) is 0 Å². The van der Waals surface area contributed by atoms with Gasteiger partial charge in [-0.15, -0.1) is 0 Å². The normalized spacial score (nSPS) is 28.3. The van der Waals surface area contributed by atoms with E-state index in [9.17, 15) is 20.4 Å². The predicted molar refractivity (Wildman–Crippen MR) is 152 cm³/mol. The van der Waals surface area contributed by atoms with E-state index in [4.69, 9.17) is 9.47 Å². The maximum absolute atomic E-state index is 12.7. The van der Waals surface area contributed by atoms with Gasteiger partial charge in [0.2, 0.25) is 0 Å². The van der Waals surface area contributed by atoms with Crippen LogP contribution in [0.25, 0.3) is 0 Å². The first-order valence-electron chi connectivity index (χ1n) is 13.6. The first-order chi connectivity index (χ1) is 19.3. The lowest BCUT2D eigenvalue weighted by Gasteiger charge is -2.60. The average molecular weight is 541 g/mol. The number of hydrogen-bond acceptors (Lipinski definition) is 6. The van der Waals surface area contributed by atoms with E-state index in [0.29, 0.717) is 11.1 Å². The lowest BCUT2D eigenvalue weighted by atomic mass is 9.60. The Morgan fingerprint density at radius 3 is 1.43 bits per heavy atom. The summed E-state index contributed by atoms with van der Waals surface area (Å²) in [7, 11) is 0. The number of ether oxygens (including phenoxy) is 2. The van der Waals surface area contributed by atoms with Gasteiger partial charge in [-0.3, -0.25) is 0 Å². The SMILES string of the molecule is O[C@H]1O[C@H](COCc2ccccc2)[C@](O)(Cc2ccccc2)[C@@](O)(Cc2ccccc2)[C@]1(O)Cc1ccccc1. The van der Waals surface area contributed by atoms with Crippen molar-refractivity contribution in [1.82, 2.24) is 0 Å². The highest BCUT2D eigenvalue weighted by Gasteiger charge is 2.71. The highest BCUT2D eigenvalue weighted by molar-refractivity contribution is 5.32. The molecule has 5 rings (SSSR count). The van der Waals surface area contributed by atoms with Crippen molar-refractivity contribution < 1.29 is 29.9 Å². The van der Waals surface area contributed by atoms with E-state index in [-0.39, 0.29) is 32.5 Å². The molecule has 5 atom stereocenters. The van der Waals surface area contributed by atoms with Gasteiger partial charge in [-0.2, -0.15) is 0 Å². The number of aliphatic hydroxyl groups excluding tert-OH is 1. The summed E-state index contributed by atoms with van der Waals surface area (Å²) in [5.74, 6) is 0. The molecule has 1 saturated heterocycles. The van der Waals surface area contributed by atoms with Crippen LogP contribution in [0.4, 0.5) is 0 Å². The van der Waals surface area contributed by atoms with Crippen LogP contribution in [0.1, 0.15) is 22.3 Å². The lowest BCUT2D eigenvalue weighted by molar-refractivity contribution is -0.396. The molecule has 40 heavy (non-hydrogen) atoms. The van der Waals surface area contributed by atoms with Crippen molar-refractivity contribution in [3.05, 3.63) is 144 Å². The van der Waals surface area contributed by atoms with Crippen LogP contribution in [-0.4, -0.2) is 56.2 Å². The summed E-state index contributed by atoms with van der Waals surface area (Å²) in [6.07, 6.45) is -3.28. The molecule has 0 aromatic heterocycles. The molecule has 208 valence electrons. The van der Waals surface area contributed by atoms with Gasteiger partial charge in [-0.05, 0) is 22.3 Å². The van der Waals surface area contributed by atoms with Crippen LogP contribution in [0, 0.1) is 0 Å². The highest BCUT2D eigenvalue weighted by Crippen LogP contribution is 2.49. The highest BCUT2D eigenvalue weighted by atomic mass is 16.7. The summed E-state index contributed by atoms with van der Waals surface area (Å²) in [6, 6.07) is 37.2. The van der Waals surface area contributed by atoms with Crippen molar-refractivity contribution in [2.24, 2.45) is 0 Å². The fourth-order valence-electron chi connectivity index (χ4n) is 5.77. The molecule has 4 aromatic carbocycles. The van der Waals surface area contributed by atoms with Crippen molar-refractivity contribution >= 4 is 0 Å². The second kappa shape index (κ2) is 12.0. The Balaban J connectivity index is 1.58. The molecule has 6 nitrogen and oxygen atoms in total. The Bertz CT molecular complexity index is 1340. The van der Waals surface area contributed by atoms with Gasteiger partial charge in [0, 0.05) is 19.3 Å². The Labute approximate surface area is 235 Å². The van der Waals surface area contributed by atoms with Crippen molar-refractivity contribution in [2.75, 3.05) is 6.61 Å². The second-order valence-corrected chi connectivity index (χ2v) is 10.7. The fourth-order valence-corrected chi connectivity index (χ4v) is 5.77. The topological polar surface area (TPSA) is 99.4 Å². The van der Waals surface area contributed by atoms with Gasteiger partial charge >= 0.3 is 0 Å². The zero-order valence-corrected chi connectivity index (χ0v) is 22.3. The molecule has 4 aromatic rings. The van der Waals surface area contributed by atoms with Crippen LogP contribution >= 0.6 is 0 Å². The van der Waals surface area contributed by atoms with Gasteiger partial charge < -0.3 is 29.9 Å². The molecule has 0 unspecified atom stereocenters. The van der Waals surface area contributed by atoms with Crippen LogP contribution in [0.3, 0.4) is 0 Å². The second-order valence-electron chi connectivity index (χ2n) is 10.7. The van der Waals surface area contributed by atoms with Crippen LogP contribution in [0.2, 0.25) is 0 Å². The smallest absolute Gasteiger partial charge is 0.187 e. The molecule has 0 bridgehead atoms. The molecule has 1 heterocycles. The van der Waals surface area contributed by atoms with Crippen molar-refractivity contribution in [3.63, 3.8) is 0 Å². The van der Waals surface area contributed by atoms with Crippen LogP contribution in [0.15, 0.2) is 121 Å². The first-order valence-corrected chi connectivity index (χ1v) is 13.6. The summed E-state index contributed by atoms with van der Waals surface area (Å²) in [5, 5.41) is 49.1. The van der Waals surface area contributed by atoms with Crippen LogP contribution in [0.5, 0.6) is 0 Å². The van der Waals surface area contributed by atoms with E-state index in [0.717, 1.165) is 11.1 Å². The van der Waals surface area contributed by atoms with Crippen LogP contribution in [-0.2, 0) is 35.3 Å². The summed E-state index contributed by atoms with van der Waals surface area (Å²) in [5.41, 5.74) is -3.50. The third-order valence-electron chi connectivity index (χ3n) is 7.98. The minimum atomic E-state index is -2.26. The summed E-state index contributed by atoms with van der Waals surface area (Å²) >= 11 is 0. The standard InChI is InChI=1S/C34H36O6/c35-31-33(37,22-27-15-7-2-8-16-27)34(38,23-28-17-9-3-10-18-28)32(36,21-26-13-5-1-6-14-26)30(40-31)25-39-24-29-19-11-4-12-20-29/h1-20,30-31,35-38H,21-25H2/t30-,31+,32-,33+,34+/m1/s1. The predicted octanol–water partition coefficient (Wildman–Crippen LogP) is 3.84. The molecule has 0 amide bonds. The van der Waals surface area contributed by atoms with E-state index in [2.05, 4.69) is 0 Å². The van der Waals surface area contributed by atoms with E-state index in [1.165, 1.54) is 0 Å². The minimum Gasteiger partial charge on any atom is -0.384 e. The summed E-state index contributed by atoms with van der Waals surface area (Å²) < 4.78 is 12.0. The van der Waals surface area contributed by atoms with E-state index in [1.54, 1.807) is 12.1 Å². The zero-order valence-electron chi connectivity index (χ0n) is 22.3. The van der Waals surface area contributed by atoms with Gasteiger partial charge in [0.1, 0.15) is 17.3 Å². The Morgan fingerprint density at radius 2 is 0.950 bits per heavy atom. The minimum absolute atomic E-state index is 0.0413. The summed E-state index contributed by atoms with van der Waals surface area (Å²) in [6.45, 7) is 0.136. The Morgan fingerprint density at radius 1 is 0.550 bits per heavy atom. The fraction of sp³-hybridized carbons (Fsp3) is 0.294. The summed E-state index contributed by atoms with van der Waals surface area (Å²) in [4.78, 5) is 0. The van der Waals surface area contributed by atoms with Crippen molar-refractivity contribution in [2.45, 2.75) is 55.1 Å². The van der Waals surface area contributed by atoms with Gasteiger partial charge in [0.15, 0.2) is 11.9 Å². The molecule has 6 heteroatoms. The van der Waals surface area contributed by atoms with Crippen molar-refractivity contribution in [1.29, 1.82) is 0 Å². The molecular formula is C34H36O6. The third-order valence-corrected chi connectivity index (χ3v) is 7.98. The molecule has 0 saturated carbocycles. The van der Waals surface area contributed by atoms with E-state index in [1.807, 2.05) is 109 Å². The molecule has 4 N–H and O–H groups in total. The van der Waals surface area contributed by atoms with Gasteiger partial charge in [-0.25, -0.2) is 0 Å². The first kappa shape index (κ1) is 28.2. The number of rotatable bonds is 10. The van der Waals surface area contributed by atoms with E-state index >= 15 is 0 Å². The quantitative estimate of drug-likeness (QED) is 0.244. The maximum Gasteiger partial charge on any atom is 0.187 e. The largest absolute Gasteiger partial charge is 0.384 e. The van der Waals surface area contributed by atoms with Gasteiger partial charge in [-0.1, -0.05) is 121 Å². The van der Waals surface area contributed by atoms with E-state index < -0.39 is 29.2 Å². The molecular weight excluding hydrogens is 504 g/mol. The Hall–Kier alpha value is -3.36. The molecule has 1 fully saturated rings. The molecule has 0 spiro atoms. The number of aliphatic hydroxyl groups is 4. The van der Waals surface area contributed by atoms with Crippen LogP contribution < -0.4 is 0 Å². The Kier molecular flexibility index (Phi) is 8.47. The molecule has 1 aliphatic rings.